The Labute approximate surface area is 74.6 Å². The van der Waals surface area contributed by atoms with E-state index in [0.717, 1.165) is 0 Å². The first-order chi connectivity index (χ1) is 5.63. The van der Waals surface area contributed by atoms with Crippen LogP contribution in [0.15, 0.2) is 12.1 Å². The number of hydrogen-bond donors (Lipinski definition) is 0. The maximum Gasteiger partial charge on any atom is 0.262 e. The summed E-state index contributed by atoms with van der Waals surface area (Å²) >= 11 is 5.58. The molecule has 4 heteroatoms. The molecule has 1 aromatic heterocycles. The van der Waals surface area contributed by atoms with Gasteiger partial charge in [0.15, 0.2) is 0 Å². The smallest absolute Gasteiger partial charge is 0.262 e. The molecule has 0 aliphatic rings. The number of nitriles is 1. The quantitative estimate of drug-likeness (QED) is 0.376. The van der Waals surface area contributed by atoms with Crippen LogP contribution in [0.5, 0.6) is 0 Å². The molecule has 0 N–H and O–H groups in total. The molecule has 0 spiro atoms. The molecule has 0 aliphatic heterocycles. The Morgan fingerprint density at radius 2 is 2.33 bits per heavy atom. The van der Waals surface area contributed by atoms with Crippen molar-refractivity contribution >= 4 is 17.4 Å². The molecule has 12 heavy (non-hydrogen) atoms. The molecule has 0 saturated carbocycles. The van der Waals surface area contributed by atoms with Crippen LogP contribution >= 0.6 is 11.6 Å². The van der Waals surface area contributed by atoms with Crippen molar-refractivity contribution in [3.05, 3.63) is 28.5 Å². The molecule has 0 amide bonds. The molecule has 0 radical (unpaired) electrons. The van der Waals surface area contributed by atoms with Gasteiger partial charge in [0.05, 0.1) is 0 Å². The molecular weight excluding hydrogens is 176 g/mol. The fraction of sp³-hybridized carbons (Fsp3) is 0.125. The highest BCUT2D eigenvalue weighted by Crippen LogP contribution is 2.10. The Morgan fingerprint density at radius 1 is 1.67 bits per heavy atom. The number of nitrogens with zero attached hydrogens (tertiary/aromatic N) is 2. The average Bonchev–Trinajstić information content (AvgIpc) is 2.01. The zero-order chi connectivity index (χ0) is 9.14. The van der Waals surface area contributed by atoms with Crippen LogP contribution < -0.4 is 0 Å². The highest BCUT2D eigenvalue weighted by atomic mass is 35.5. The normalized spacial score (nSPS) is 9.08. The van der Waals surface area contributed by atoms with Gasteiger partial charge >= 0.3 is 0 Å². The molecule has 1 rings (SSSR count). The van der Waals surface area contributed by atoms with Crippen LogP contribution in [0.1, 0.15) is 16.1 Å². The Morgan fingerprint density at radius 3 is 2.83 bits per heavy atom. The monoisotopic (exact) mass is 180 g/mol. The summed E-state index contributed by atoms with van der Waals surface area (Å²) in [7, 11) is 0. The van der Waals surface area contributed by atoms with Crippen LogP contribution in [0, 0.1) is 18.3 Å². The van der Waals surface area contributed by atoms with Gasteiger partial charge in [-0.25, -0.2) is 4.98 Å². The minimum Gasteiger partial charge on any atom is -0.277 e. The molecule has 3 nitrogen and oxygen atoms in total. The molecule has 0 atom stereocenters. The van der Waals surface area contributed by atoms with E-state index in [9.17, 15) is 4.79 Å². The third kappa shape index (κ3) is 1.80. The largest absolute Gasteiger partial charge is 0.277 e. The highest BCUT2D eigenvalue weighted by molar-refractivity contribution is 6.30. The van der Waals surface area contributed by atoms with E-state index in [4.69, 9.17) is 16.9 Å². The molecule has 0 unspecified atom stereocenters. The van der Waals surface area contributed by atoms with E-state index in [1.807, 2.05) is 0 Å². The fourth-order valence-electron chi connectivity index (χ4n) is 0.824. The first kappa shape index (κ1) is 8.69. The van der Waals surface area contributed by atoms with Gasteiger partial charge in [0.25, 0.3) is 5.78 Å². The van der Waals surface area contributed by atoms with Crippen molar-refractivity contribution < 1.29 is 4.79 Å². The summed E-state index contributed by atoms with van der Waals surface area (Å²) < 4.78 is 0. The minimum atomic E-state index is -0.595. The number of Topliss-reactive ketones (excluding diaryl/α,β-unsaturated/α-hetero) is 1. The lowest BCUT2D eigenvalue weighted by atomic mass is 10.2. The fourth-order valence-corrected chi connectivity index (χ4v) is 1.07. The number of aryl methyl sites for hydroxylation is 1. The summed E-state index contributed by atoms with van der Waals surface area (Å²) in [5.41, 5.74) is 0.913. The summed E-state index contributed by atoms with van der Waals surface area (Å²) in [6.45, 7) is 1.71. The number of carbonyl (C=O) groups is 1. The van der Waals surface area contributed by atoms with E-state index in [-0.39, 0.29) is 10.7 Å². The van der Waals surface area contributed by atoms with Gasteiger partial charge in [-0.3, -0.25) is 4.79 Å². The Balaban J connectivity index is 3.19. The number of rotatable bonds is 1. The lowest BCUT2D eigenvalue weighted by Gasteiger charge is -1.96. The lowest BCUT2D eigenvalue weighted by molar-refractivity contribution is 0.105. The highest BCUT2D eigenvalue weighted by Gasteiger charge is 2.05. The Bertz CT molecular complexity index is 348. The van der Waals surface area contributed by atoms with Crippen molar-refractivity contribution in [1.82, 2.24) is 4.98 Å². The van der Waals surface area contributed by atoms with Gasteiger partial charge in [-0.15, -0.1) is 0 Å². The van der Waals surface area contributed by atoms with E-state index in [2.05, 4.69) is 4.98 Å². The molecule has 0 aromatic carbocycles. The zero-order valence-corrected chi connectivity index (χ0v) is 7.09. The van der Waals surface area contributed by atoms with Crippen LogP contribution in [0.2, 0.25) is 5.15 Å². The first-order valence-corrected chi connectivity index (χ1v) is 3.60. The van der Waals surface area contributed by atoms with E-state index in [1.165, 1.54) is 18.2 Å². The molecule has 0 bridgehead atoms. The molecular formula is C8H5ClN2O. The van der Waals surface area contributed by atoms with Gasteiger partial charge in [0.2, 0.25) is 0 Å². The van der Waals surface area contributed by atoms with Crippen molar-refractivity contribution in [2.45, 2.75) is 6.92 Å². The van der Waals surface area contributed by atoms with Crippen LogP contribution in [0.25, 0.3) is 0 Å². The van der Waals surface area contributed by atoms with E-state index in [1.54, 1.807) is 6.92 Å². The summed E-state index contributed by atoms with van der Waals surface area (Å²) in [5.74, 6) is -0.595. The van der Waals surface area contributed by atoms with E-state index >= 15 is 0 Å². The number of pyridine rings is 1. The van der Waals surface area contributed by atoms with Crippen LogP contribution in [0.4, 0.5) is 0 Å². The maximum absolute atomic E-state index is 10.9. The summed E-state index contributed by atoms with van der Waals surface area (Å²) in [5, 5.41) is 8.54. The lowest BCUT2D eigenvalue weighted by Crippen LogP contribution is -1.96. The van der Waals surface area contributed by atoms with Gasteiger partial charge in [0.1, 0.15) is 11.2 Å². The van der Waals surface area contributed by atoms with Crippen molar-refractivity contribution in [1.29, 1.82) is 5.26 Å². The predicted molar refractivity (Wildman–Crippen MR) is 43.9 cm³/mol. The van der Waals surface area contributed by atoms with Gasteiger partial charge < -0.3 is 0 Å². The topological polar surface area (TPSA) is 53.8 Å². The van der Waals surface area contributed by atoms with Gasteiger partial charge in [-0.2, -0.15) is 5.26 Å². The number of aromatic nitrogens is 1. The number of halogens is 1. The Kier molecular flexibility index (Phi) is 2.41. The van der Waals surface area contributed by atoms with Gasteiger partial charge in [-0.05, 0) is 19.1 Å². The summed E-state index contributed by atoms with van der Waals surface area (Å²) in [4.78, 5) is 14.7. The van der Waals surface area contributed by atoms with Crippen molar-refractivity contribution in [3.63, 3.8) is 0 Å². The summed E-state index contributed by atoms with van der Waals surface area (Å²) in [6.07, 6.45) is 0. The predicted octanol–water partition coefficient (Wildman–Crippen LogP) is 1.75. The van der Waals surface area contributed by atoms with Crippen molar-refractivity contribution in [3.8, 4) is 6.07 Å². The molecule has 0 saturated heterocycles. The van der Waals surface area contributed by atoms with Crippen molar-refractivity contribution in [2.24, 2.45) is 0 Å². The second kappa shape index (κ2) is 3.33. The second-order valence-electron chi connectivity index (χ2n) is 2.26. The number of carbonyl (C=O) groups excluding carboxylic acids is 1. The maximum atomic E-state index is 10.9. The Hall–Kier alpha value is -1.40. The minimum absolute atomic E-state index is 0.230. The molecule has 1 aromatic rings. The standard InChI is InChI=1S/C8H5ClN2O/c1-5-2-6(7(12)4-10)3-8(9)11-5/h2-3H,1H3. The van der Waals surface area contributed by atoms with Crippen molar-refractivity contribution in [2.75, 3.05) is 0 Å². The SMILES string of the molecule is Cc1cc(C(=O)C#N)cc(Cl)n1. The zero-order valence-electron chi connectivity index (χ0n) is 6.34. The third-order valence-corrected chi connectivity index (χ3v) is 1.48. The molecule has 0 aliphatic carbocycles. The van der Waals surface area contributed by atoms with Crippen LogP contribution in [-0.2, 0) is 0 Å². The van der Waals surface area contributed by atoms with Gasteiger partial charge in [-0.1, -0.05) is 11.6 Å². The molecule has 0 fully saturated rings. The number of hydrogen-bond acceptors (Lipinski definition) is 3. The molecule has 60 valence electrons. The third-order valence-electron chi connectivity index (χ3n) is 1.29. The summed E-state index contributed by atoms with van der Waals surface area (Å²) in [6, 6.07) is 4.41. The number of ketones is 1. The van der Waals surface area contributed by atoms with E-state index < -0.39 is 5.78 Å². The molecule has 1 heterocycles. The van der Waals surface area contributed by atoms with Crippen LogP contribution in [0.3, 0.4) is 0 Å². The van der Waals surface area contributed by atoms with Crippen LogP contribution in [-0.4, -0.2) is 10.8 Å². The average molecular weight is 181 g/mol. The van der Waals surface area contributed by atoms with Gasteiger partial charge in [0, 0.05) is 11.3 Å². The second-order valence-corrected chi connectivity index (χ2v) is 2.65. The first-order valence-electron chi connectivity index (χ1n) is 3.22. The van der Waals surface area contributed by atoms with E-state index in [0.29, 0.717) is 5.69 Å².